The van der Waals surface area contributed by atoms with Crippen molar-refractivity contribution in [2.75, 3.05) is 12.4 Å². The summed E-state index contributed by atoms with van der Waals surface area (Å²) in [5.41, 5.74) is 2.59. The van der Waals surface area contributed by atoms with E-state index in [9.17, 15) is 18.4 Å². The van der Waals surface area contributed by atoms with E-state index < -0.39 is 28.9 Å². The third-order valence-electron chi connectivity index (χ3n) is 6.16. The molecule has 40 heavy (non-hydrogen) atoms. The highest BCUT2D eigenvalue weighted by atomic mass is 35.5. The average Bonchev–Trinajstić information content (AvgIpc) is 3.44. The second kappa shape index (κ2) is 11.4. The molecule has 9 nitrogen and oxygen atoms in total. The summed E-state index contributed by atoms with van der Waals surface area (Å²) >= 11 is 7.01. The van der Waals surface area contributed by atoms with E-state index >= 15 is 0 Å². The quantitative estimate of drug-likeness (QED) is 0.233. The van der Waals surface area contributed by atoms with Gasteiger partial charge in [0.2, 0.25) is 5.91 Å². The number of fused-ring (bicyclic) bond motifs is 1. The van der Waals surface area contributed by atoms with Crippen LogP contribution in [0.3, 0.4) is 0 Å². The van der Waals surface area contributed by atoms with Gasteiger partial charge in [0.15, 0.2) is 5.01 Å². The number of aromatic nitrogens is 5. The Morgan fingerprint density at radius 1 is 1.05 bits per heavy atom. The molecule has 13 heteroatoms. The molecular weight excluding hydrogens is 562 g/mol. The minimum Gasteiger partial charge on any atom is -0.495 e. The number of halogens is 3. The van der Waals surface area contributed by atoms with Crippen LogP contribution in [0, 0.1) is 0 Å². The van der Waals surface area contributed by atoms with E-state index in [1.54, 1.807) is 55.7 Å². The summed E-state index contributed by atoms with van der Waals surface area (Å²) in [5.74, 6) is -0.131. The largest absolute Gasteiger partial charge is 0.495 e. The first kappa shape index (κ1) is 27.3. The molecule has 0 bridgehead atoms. The number of hydrogen-bond acceptors (Lipinski definition) is 8. The van der Waals surface area contributed by atoms with Gasteiger partial charge in [-0.1, -0.05) is 29.9 Å². The molecular formula is C27H21ClF2N6O3S. The number of alkyl halides is 2. The zero-order chi connectivity index (χ0) is 28.4. The van der Waals surface area contributed by atoms with Gasteiger partial charge in [-0.3, -0.25) is 24.1 Å². The van der Waals surface area contributed by atoms with Crippen LogP contribution in [0.2, 0.25) is 5.02 Å². The predicted octanol–water partition coefficient (Wildman–Crippen LogP) is 6.17. The number of ether oxygens (including phenoxy) is 1. The number of nitrogens with one attached hydrogen (secondary N) is 1. The monoisotopic (exact) mass is 582 g/mol. The Hall–Kier alpha value is -4.29. The van der Waals surface area contributed by atoms with Crippen LogP contribution in [-0.4, -0.2) is 37.7 Å². The van der Waals surface area contributed by atoms with E-state index in [0.29, 0.717) is 44.9 Å². The van der Waals surface area contributed by atoms with Crippen LogP contribution in [0.4, 0.5) is 14.5 Å². The third kappa shape index (κ3) is 5.40. The van der Waals surface area contributed by atoms with E-state index in [4.69, 9.17) is 16.3 Å². The molecule has 0 saturated carbocycles. The second-order valence-electron chi connectivity index (χ2n) is 8.61. The number of carbonyl (C=O) groups is 1. The molecule has 0 radical (unpaired) electrons. The molecule has 0 aliphatic heterocycles. The highest BCUT2D eigenvalue weighted by Gasteiger charge is 2.24. The lowest BCUT2D eigenvalue weighted by Gasteiger charge is -2.20. The molecule has 0 fully saturated rings. The number of methoxy groups -OCH3 is 1. The molecule has 5 rings (SSSR count). The lowest BCUT2D eigenvalue weighted by atomic mass is 9.99. The summed E-state index contributed by atoms with van der Waals surface area (Å²) in [4.78, 5) is 35.2. The van der Waals surface area contributed by atoms with Crippen molar-refractivity contribution in [2.24, 2.45) is 0 Å². The van der Waals surface area contributed by atoms with Gasteiger partial charge in [0, 0.05) is 40.3 Å². The number of amides is 1. The SMILES string of the molecule is CCC(C(=O)Nc1ccc2nccnc2c1)n1cc(OC)c(-c2cc(Cl)ccc2-c2nnc(C(F)F)s2)cc1=O. The van der Waals surface area contributed by atoms with Gasteiger partial charge in [-0.15, -0.1) is 10.2 Å². The van der Waals surface area contributed by atoms with Crippen molar-refractivity contribution >= 4 is 45.6 Å². The molecule has 0 saturated heterocycles. The first-order valence-corrected chi connectivity index (χ1v) is 13.2. The zero-order valence-electron chi connectivity index (χ0n) is 21.1. The Morgan fingerprint density at radius 3 is 2.52 bits per heavy atom. The maximum absolute atomic E-state index is 13.4. The fourth-order valence-corrected chi connectivity index (χ4v) is 5.19. The summed E-state index contributed by atoms with van der Waals surface area (Å²) in [6, 6.07) is 10.4. The molecule has 204 valence electrons. The number of pyridine rings is 1. The van der Waals surface area contributed by atoms with Gasteiger partial charge in [0.25, 0.3) is 12.0 Å². The summed E-state index contributed by atoms with van der Waals surface area (Å²) < 4.78 is 33.2. The summed E-state index contributed by atoms with van der Waals surface area (Å²) in [6.07, 6.45) is 2.14. The van der Waals surface area contributed by atoms with Crippen LogP contribution in [0.15, 0.2) is 65.8 Å². The van der Waals surface area contributed by atoms with Crippen LogP contribution >= 0.6 is 22.9 Å². The van der Waals surface area contributed by atoms with Crippen LogP contribution in [-0.2, 0) is 4.79 Å². The van der Waals surface area contributed by atoms with E-state index in [-0.39, 0.29) is 10.8 Å². The van der Waals surface area contributed by atoms with Crippen molar-refractivity contribution in [1.82, 2.24) is 24.7 Å². The fourth-order valence-electron chi connectivity index (χ4n) is 4.28. The third-order valence-corrected chi connectivity index (χ3v) is 7.35. The van der Waals surface area contributed by atoms with Crippen molar-refractivity contribution in [2.45, 2.75) is 25.8 Å². The molecule has 1 N–H and O–H groups in total. The van der Waals surface area contributed by atoms with Crippen molar-refractivity contribution in [3.8, 4) is 27.4 Å². The number of anilines is 1. The van der Waals surface area contributed by atoms with Gasteiger partial charge in [-0.05, 0) is 48.4 Å². The highest BCUT2D eigenvalue weighted by Crippen LogP contribution is 2.40. The minimum absolute atomic E-state index is 0.235. The topological polar surface area (TPSA) is 112 Å². The van der Waals surface area contributed by atoms with Gasteiger partial charge in [0.1, 0.15) is 16.8 Å². The smallest absolute Gasteiger partial charge is 0.291 e. The number of carbonyl (C=O) groups excluding carboxylic acids is 1. The number of nitrogens with zero attached hydrogens (tertiary/aromatic N) is 5. The van der Waals surface area contributed by atoms with Crippen LogP contribution in [0.1, 0.15) is 30.8 Å². The lowest BCUT2D eigenvalue weighted by Crippen LogP contribution is -2.32. The maximum atomic E-state index is 13.4. The van der Waals surface area contributed by atoms with Crippen LogP contribution in [0.25, 0.3) is 32.7 Å². The molecule has 0 aliphatic rings. The molecule has 0 spiro atoms. The minimum atomic E-state index is -2.76. The van der Waals surface area contributed by atoms with E-state index in [1.807, 2.05) is 0 Å². The van der Waals surface area contributed by atoms with Gasteiger partial charge >= 0.3 is 0 Å². The number of hydrogen-bond donors (Lipinski definition) is 1. The fraction of sp³-hybridized carbons (Fsp3) is 0.185. The summed E-state index contributed by atoms with van der Waals surface area (Å²) in [6.45, 7) is 1.79. The standard InChI is InChI=1S/C27H21ClF2N6O3S/c1-3-21(25(38)33-15-5-7-19-20(11-15)32-9-8-31-19)36-13-22(39-2)18(12-23(36)37)17-10-14(28)4-6-16(17)26-34-35-27(40-26)24(29)30/h4-13,21,24H,3H2,1-2H3,(H,33,38). The molecule has 1 amide bonds. The Labute approximate surface area is 235 Å². The van der Waals surface area contributed by atoms with Crippen LogP contribution < -0.4 is 15.6 Å². The van der Waals surface area contributed by atoms with E-state index in [0.717, 1.165) is 11.3 Å². The molecule has 3 heterocycles. The van der Waals surface area contributed by atoms with Crippen molar-refractivity contribution < 1.29 is 18.3 Å². The van der Waals surface area contributed by atoms with Gasteiger partial charge in [-0.25, -0.2) is 8.78 Å². The Balaban J connectivity index is 1.52. The van der Waals surface area contributed by atoms with Gasteiger partial charge in [-0.2, -0.15) is 0 Å². The van der Waals surface area contributed by atoms with Crippen LogP contribution in [0.5, 0.6) is 5.75 Å². The first-order valence-electron chi connectivity index (χ1n) is 12.0. The molecule has 1 atom stereocenters. The highest BCUT2D eigenvalue weighted by molar-refractivity contribution is 7.14. The second-order valence-corrected chi connectivity index (χ2v) is 10.1. The normalized spacial score (nSPS) is 12.1. The summed E-state index contributed by atoms with van der Waals surface area (Å²) in [7, 11) is 1.43. The zero-order valence-corrected chi connectivity index (χ0v) is 22.7. The Morgan fingerprint density at radius 2 is 1.82 bits per heavy atom. The predicted molar refractivity (Wildman–Crippen MR) is 149 cm³/mol. The summed E-state index contributed by atoms with van der Waals surface area (Å²) in [5, 5.41) is 10.5. The number of benzene rings is 2. The molecule has 1 unspecified atom stereocenters. The average molecular weight is 583 g/mol. The molecule has 2 aromatic carbocycles. The van der Waals surface area contributed by atoms with Crippen molar-refractivity contribution in [3.05, 3.63) is 81.4 Å². The van der Waals surface area contributed by atoms with E-state index in [2.05, 4.69) is 25.5 Å². The first-order chi connectivity index (χ1) is 19.3. The Bertz CT molecular complexity index is 1780. The molecule has 0 aliphatic carbocycles. The molecule has 5 aromatic rings. The Kier molecular flexibility index (Phi) is 7.81. The van der Waals surface area contributed by atoms with E-state index in [1.165, 1.54) is 23.9 Å². The van der Waals surface area contributed by atoms with Gasteiger partial charge in [0.05, 0.1) is 24.3 Å². The van der Waals surface area contributed by atoms with Gasteiger partial charge < -0.3 is 10.1 Å². The molecule has 3 aromatic heterocycles. The van der Waals surface area contributed by atoms with Crippen molar-refractivity contribution in [3.63, 3.8) is 0 Å². The van der Waals surface area contributed by atoms with Crippen molar-refractivity contribution in [1.29, 1.82) is 0 Å². The number of rotatable bonds is 8. The maximum Gasteiger partial charge on any atom is 0.291 e. The lowest BCUT2D eigenvalue weighted by molar-refractivity contribution is -0.119.